The zero-order valence-corrected chi connectivity index (χ0v) is 18.8. The SMILES string of the molecule is CN1CC2CCN(c3ccc(NC(=O)N4CCC(c5ccc(Cl)cn5)CC4)cc3)[C@H]2C1. The maximum atomic E-state index is 12.7. The molecule has 0 saturated carbocycles. The first-order valence-electron chi connectivity index (χ1n) is 11.3. The molecule has 3 aliphatic heterocycles. The normalized spacial score (nSPS) is 24.5. The highest BCUT2D eigenvalue weighted by molar-refractivity contribution is 6.30. The van der Waals surface area contributed by atoms with Crippen molar-refractivity contribution in [2.75, 3.05) is 50.0 Å². The Balaban J connectivity index is 1.15. The number of hydrogen-bond acceptors (Lipinski definition) is 4. The molecule has 1 aromatic carbocycles. The summed E-state index contributed by atoms with van der Waals surface area (Å²) in [6.07, 6.45) is 4.82. The van der Waals surface area contributed by atoms with Crippen LogP contribution in [0.25, 0.3) is 0 Å². The smallest absolute Gasteiger partial charge is 0.321 e. The lowest BCUT2D eigenvalue weighted by atomic mass is 9.93. The fraction of sp³-hybridized carbons (Fsp3) is 0.500. The third-order valence-corrected chi connectivity index (χ3v) is 7.35. The minimum Gasteiger partial charge on any atom is -0.367 e. The Morgan fingerprint density at radius 2 is 1.81 bits per heavy atom. The molecule has 164 valence electrons. The number of piperidine rings is 1. The predicted molar refractivity (Wildman–Crippen MR) is 125 cm³/mol. The van der Waals surface area contributed by atoms with Crippen molar-refractivity contribution in [2.45, 2.75) is 31.2 Å². The van der Waals surface area contributed by atoms with Gasteiger partial charge in [0.05, 0.1) is 5.02 Å². The van der Waals surface area contributed by atoms with Crippen LogP contribution in [0.15, 0.2) is 42.6 Å². The molecule has 1 unspecified atom stereocenters. The summed E-state index contributed by atoms with van der Waals surface area (Å²) in [5.41, 5.74) is 3.18. The number of nitrogens with one attached hydrogen (secondary N) is 1. The highest BCUT2D eigenvalue weighted by Gasteiger charge is 2.40. The van der Waals surface area contributed by atoms with Crippen molar-refractivity contribution in [1.29, 1.82) is 0 Å². The van der Waals surface area contributed by atoms with Crippen LogP contribution < -0.4 is 10.2 Å². The molecule has 2 amide bonds. The number of amides is 2. The maximum Gasteiger partial charge on any atom is 0.321 e. The minimum atomic E-state index is -0.0195. The standard InChI is InChI=1S/C24H30ClN5O/c1-28-15-18-10-13-30(23(18)16-28)21-5-3-20(4-6-21)27-24(31)29-11-8-17(9-12-29)22-7-2-19(25)14-26-22/h2-7,14,17-18,23H,8-13,15-16H2,1H3,(H,27,31)/t18?,23-/m0/s1. The van der Waals surface area contributed by atoms with E-state index in [1.54, 1.807) is 6.20 Å². The molecule has 0 aliphatic carbocycles. The summed E-state index contributed by atoms with van der Waals surface area (Å²) in [4.78, 5) is 24.1. The molecule has 6 nitrogen and oxygen atoms in total. The molecule has 3 fully saturated rings. The van der Waals surface area contributed by atoms with Crippen molar-refractivity contribution in [3.63, 3.8) is 0 Å². The Hall–Kier alpha value is -2.31. The van der Waals surface area contributed by atoms with Crippen molar-refractivity contribution in [3.8, 4) is 0 Å². The van der Waals surface area contributed by atoms with Gasteiger partial charge in [0.15, 0.2) is 0 Å². The van der Waals surface area contributed by atoms with Crippen LogP contribution in [0.1, 0.15) is 30.9 Å². The number of fused-ring (bicyclic) bond motifs is 1. The number of carbonyl (C=O) groups excluding carboxylic acids is 1. The van der Waals surface area contributed by atoms with Gasteiger partial charge in [-0.05, 0) is 68.6 Å². The number of anilines is 2. The van der Waals surface area contributed by atoms with Gasteiger partial charge in [-0.2, -0.15) is 0 Å². The van der Waals surface area contributed by atoms with Crippen molar-refractivity contribution in [3.05, 3.63) is 53.3 Å². The Labute approximate surface area is 189 Å². The lowest BCUT2D eigenvalue weighted by Crippen LogP contribution is -2.40. The summed E-state index contributed by atoms with van der Waals surface area (Å²) in [5.74, 6) is 1.18. The van der Waals surface area contributed by atoms with Crippen molar-refractivity contribution >= 4 is 29.0 Å². The molecule has 1 aromatic heterocycles. The molecule has 3 aliphatic rings. The fourth-order valence-corrected chi connectivity index (χ4v) is 5.55. The van der Waals surface area contributed by atoms with Crippen LogP contribution in [-0.2, 0) is 0 Å². The Morgan fingerprint density at radius 3 is 2.52 bits per heavy atom. The van der Waals surface area contributed by atoms with Gasteiger partial charge in [0.2, 0.25) is 0 Å². The molecule has 5 rings (SSSR count). The Kier molecular flexibility index (Phi) is 5.76. The number of hydrogen-bond donors (Lipinski definition) is 1. The van der Waals surface area contributed by atoms with Crippen LogP contribution in [0.5, 0.6) is 0 Å². The van der Waals surface area contributed by atoms with E-state index in [1.165, 1.54) is 18.7 Å². The summed E-state index contributed by atoms with van der Waals surface area (Å²) in [6, 6.07) is 12.9. The second-order valence-electron chi connectivity index (χ2n) is 9.17. The van der Waals surface area contributed by atoms with Crippen molar-refractivity contribution in [1.82, 2.24) is 14.8 Å². The van der Waals surface area contributed by atoms with Gasteiger partial charge in [-0.1, -0.05) is 11.6 Å². The van der Waals surface area contributed by atoms with E-state index in [0.29, 0.717) is 17.0 Å². The number of aromatic nitrogens is 1. The second kappa shape index (κ2) is 8.67. The van der Waals surface area contributed by atoms with Crippen molar-refractivity contribution in [2.24, 2.45) is 5.92 Å². The van der Waals surface area contributed by atoms with Crippen LogP contribution in [0, 0.1) is 5.92 Å². The summed E-state index contributed by atoms with van der Waals surface area (Å²) in [5, 5.41) is 3.73. The molecule has 2 aromatic rings. The van der Waals surface area contributed by atoms with E-state index in [1.807, 2.05) is 29.2 Å². The van der Waals surface area contributed by atoms with E-state index < -0.39 is 0 Å². The average molecular weight is 440 g/mol. The van der Waals surface area contributed by atoms with Crippen LogP contribution in [0.4, 0.5) is 16.2 Å². The number of benzene rings is 1. The third kappa shape index (κ3) is 4.37. The zero-order valence-electron chi connectivity index (χ0n) is 18.0. The van der Waals surface area contributed by atoms with E-state index in [9.17, 15) is 4.79 Å². The number of likely N-dealkylation sites (N-methyl/N-ethyl adjacent to an activating group) is 1. The number of nitrogens with zero attached hydrogens (tertiary/aromatic N) is 4. The second-order valence-corrected chi connectivity index (χ2v) is 9.61. The van der Waals surface area contributed by atoms with Crippen LogP contribution in [-0.4, -0.2) is 66.6 Å². The minimum absolute atomic E-state index is 0.0195. The molecular weight excluding hydrogens is 410 g/mol. The van der Waals surface area contributed by atoms with Gasteiger partial charge in [0.25, 0.3) is 0 Å². The van der Waals surface area contributed by atoms with Crippen molar-refractivity contribution < 1.29 is 4.79 Å². The van der Waals surface area contributed by atoms with E-state index in [-0.39, 0.29) is 6.03 Å². The largest absolute Gasteiger partial charge is 0.367 e. The molecule has 1 N–H and O–H groups in total. The summed E-state index contributed by atoms with van der Waals surface area (Å²) in [7, 11) is 2.21. The number of pyridine rings is 1. The lowest BCUT2D eigenvalue weighted by molar-refractivity contribution is 0.194. The average Bonchev–Trinajstić information content (AvgIpc) is 3.34. The molecule has 31 heavy (non-hydrogen) atoms. The first-order chi connectivity index (χ1) is 15.1. The van der Waals surface area contributed by atoms with Crippen LogP contribution in [0.2, 0.25) is 5.02 Å². The summed E-state index contributed by atoms with van der Waals surface area (Å²) < 4.78 is 0. The Bertz CT molecular complexity index is 911. The predicted octanol–water partition coefficient (Wildman–Crippen LogP) is 4.29. The molecule has 2 atom stereocenters. The number of rotatable bonds is 3. The van der Waals surface area contributed by atoms with E-state index in [2.05, 4.69) is 39.3 Å². The quantitative estimate of drug-likeness (QED) is 0.775. The molecule has 0 bridgehead atoms. The zero-order chi connectivity index (χ0) is 21.4. The van der Waals surface area contributed by atoms with Crippen LogP contribution >= 0.6 is 11.6 Å². The number of likely N-dealkylation sites (tertiary alicyclic amines) is 2. The van der Waals surface area contributed by atoms with Gasteiger partial charge >= 0.3 is 6.03 Å². The van der Waals surface area contributed by atoms with Gasteiger partial charge in [-0.25, -0.2) is 4.79 Å². The van der Waals surface area contributed by atoms with Gasteiger partial charge < -0.3 is 20.0 Å². The van der Waals surface area contributed by atoms with Gasteiger partial charge in [-0.3, -0.25) is 4.98 Å². The highest BCUT2D eigenvalue weighted by atomic mass is 35.5. The van der Waals surface area contributed by atoms with Crippen LogP contribution in [0.3, 0.4) is 0 Å². The number of carbonyl (C=O) groups is 1. The first-order valence-corrected chi connectivity index (χ1v) is 11.7. The number of urea groups is 1. The lowest BCUT2D eigenvalue weighted by Gasteiger charge is -2.32. The Morgan fingerprint density at radius 1 is 1.03 bits per heavy atom. The van der Waals surface area contributed by atoms with E-state index in [4.69, 9.17) is 11.6 Å². The van der Waals surface area contributed by atoms with Gasteiger partial charge in [0, 0.05) is 67.9 Å². The molecule has 4 heterocycles. The van der Waals surface area contributed by atoms with E-state index >= 15 is 0 Å². The fourth-order valence-electron chi connectivity index (χ4n) is 5.44. The third-order valence-electron chi connectivity index (χ3n) is 7.13. The monoisotopic (exact) mass is 439 g/mol. The molecular formula is C24H30ClN5O. The highest BCUT2D eigenvalue weighted by Crippen LogP contribution is 2.35. The van der Waals surface area contributed by atoms with Gasteiger partial charge in [-0.15, -0.1) is 0 Å². The molecule has 7 heteroatoms. The maximum absolute atomic E-state index is 12.7. The topological polar surface area (TPSA) is 51.7 Å². The number of halogens is 1. The summed E-state index contributed by atoms with van der Waals surface area (Å²) >= 11 is 5.94. The molecule has 0 radical (unpaired) electrons. The molecule has 3 saturated heterocycles. The molecule has 0 spiro atoms. The summed E-state index contributed by atoms with van der Waals surface area (Å²) in [6.45, 7) is 4.96. The van der Waals surface area contributed by atoms with E-state index in [0.717, 1.165) is 56.3 Å². The first kappa shape index (κ1) is 20.6. The van der Waals surface area contributed by atoms with Gasteiger partial charge in [0.1, 0.15) is 0 Å².